The summed E-state index contributed by atoms with van der Waals surface area (Å²) in [5.74, 6) is -0.0553. The number of halogens is 1. The summed E-state index contributed by atoms with van der Waals surface area (Å²) in [6.07, 6.45) is 1.43. The van der Waals surface area contributed by atoms with Crippen molar-refractivity contribution in [2.24, 2.45) is 0 Å². The third kappa shape index (κ3) is 9.23. The van der Waals surface area contributed by atoms with Gasteiger partial charge >= 0.3 is 0 Å². The van der Waals surface area contributed by atoms with E-state index < -0.39 is 21.6 Å². The lowest BCUT2D eigenvalue weighted by Crippen LogP contribution is -2.52. The Kier molecular flexibility index (Phi) is 10.4. The van der Waals surface area contributed by atoms with Gasteiger partial charge in [-0.25, -0.2) is 8.42 Å². The minimum Gasteiger partial charge on any atom is -0.495 e. The van der Waals surface area contributed by atoms with Gasteiger partial charge in [0.25, 0.3) is 0 Å². The van der Waals surface area contributed by atoms with Gasteiger partial charge in [0.1, 0.15) is 11.8 Å². The molecule has 2 aromatic rings. The van der Waals surface area contributed by atoms with Crippen LogP contribution in [0, 0.1) is 6.92 Å². The number of carbonyl (C=O) groups is 2. The van der Waals surface area contributed by atoms with Gasteiger partial charge in [-0.15, -0.1) is 0 Å². The van der Waals surface area contributed by atoms with E-state index in [1.165, 1.54) is 17.5 Å². The maximum absolute atomic E-state index is 13.4. The number of methoxy groups -OCH3 is 1. The molecule has 2 aromatic carbocycles. The lowest BCUT2D eigenvalue weighted by atomic mass is 10.1. The van der Waals surface area contributed by atoms with E-state index in [1.54, 1.807) is 24.0 Å². The number of amides is 2. The predicted octanol–water partition coefficient (Wildman–Crippen LogP) is 4.54. The molecular weight excluding hydrogens is 514 g/mol. The predicted molar refractivity (Wildman–Crippen MR) is 149 cm³/mol. The average molecular weight is 552 g/mol. The molecule has 2 amide bonds. The highest BCUT2D eigenvalue weighted by Crippen LogP contribution is 2.30. The smallest absolute Gasteiger partial charge is 0.242 e. The Morgan fingerprint density at radius 1 is 1.11 bits per heavy atom. The number of nitrogens with zero attached hydrogens (tertiary/aromatic N) is 2. The van der Waals surface area contributed by atoms with Crippen LogP contribution >= 0.6 is 11.6 Å². The molecule has 0 bridgehead atoms. The first-order valence-electron chi connectivity index (χ1n) is 12.1. The Balaban J connectivity index is 2.20. The number of carbonyl (C=O) groups excluding carboxylic acids is 2. The molecule has 2 rings (SSSR count). The molecule has 0 aliphatic heterocycles. The fraction of sp³-hybridized carbons (Fsp3) is 0.481. The highest BCUT2D eigenvalue weighted by molar-refractivity contribution is 7.92. The van der Waals surface area contributed by atoms with Crippen LogP contribution in [-0.2, 0) is 26.2 Å². The Morgan fingerprint density at radius 3 is 2.24 bits per heavy atom. The minimum absolute atomic E-state index is 0.0644. The molecule has 0 radical (unpaired) electrons. The van der Waals surface area contributed by atoms with Crippen LogP contribution in [-0.4, -0.2) is 56.6 Å². The Labute approximate surface area is 226 Å². The van der Waals surface area contributed by atoms with Crippen LogP contribution in [0.3, 0.4) is 0 Å². The summed E-state index contributed by atoms with van der Waals surface area (Å²) in [7, 11) is -2.15. The molecule has 1 unspecified atom stereocenters. The average Bonchev–Trinajstić information content (AvgIpc) is 2.79. The van der Waals surface area contributed by atoms with Crippen LogP contribution < -0.4 is 14.4 Å². The first-order chi connectivity index (χ1) is 17.1. The lowest BCUT2D eigenvalue weighted by molar-refractivity contribution is -0.141. The third-order valence-corrected chi connectivity index (χ3v) is 7.20. The molecule has 0 fully saturated rings. The topological polar surface area (TPSA) is 96.0 Å². The van der Waals surface area contributed by atoms with Crippen molar-refractivity contribution < 1.29 is 22.7 Å². The van der Waals surface area contributed by atoms with Gasteiger partial charge in [-0.05, 0) is 64.8 Å². The minimum atomic E-state index is -3.63. The molecule has 1 N–H and O–H groups in total. The van der Waals surface area contributed by atoms with Crippen molar-refractivity contribution in [1.29, 1.82) is 0 Å². The van der Waals surface area contributed by atoms with E-state index >= 15 is 0 Å². The van der Waals surface area contributed by atoms with Gasteiger partial charge in [-0.1, -0.05) is 41.4 Å². The van der Waals surface area contributed by atoms with Gasteiger partial charge in [0.2, 0.25) is 21.8 Å². The van der Waals surface area contributed by atoms with Crippen LogP contribution in [0.25, 0.3) is 0 Å². The van der Waals surface area contributed by atoms with Gasteiger partial charge in [-0.3, -0.25) is 13.9 Å². The molecule has 8 nitrogen and oxygen atoms in total. The summed E-state index contributed by atoms with van der Waals surface area (Å²) in [5.41, 5.74) is 1.94. The first kappa shape index (κ1) is 30.4. The molecular formula is C27H38ClN3O5S. The zero-order chi connectivity index (χ0) is 28.0. The number of hydrogen-bond acceptors (Lipinski definition) is 5. The summed E-state index contributed by atoms with van der Waals surface area (Å²) >= 11 is 6.20. The SMILES string of the molecule is COc1ccc(N(CCCC(=O)N(Cc2ccc(C)cc2)C(C)C(=O)NC(C)(C)C)S(C)(=O)=O)cc1Cl. The van der Waals surface area contributed by atoms with E-state index in [-0.39, 0.29) is 42.8 Å². The van der Waals surface area contributed by atoms with E-state index in [2.05, 4.69) is 5.32 Å². The lowest BCUT2D eigenvalue weighted by Gasteiger charge is -2.32. The monoisotopic (exact) mass is 551 g/mol. The number of ether oxygens (including phenoxy) is 1. The second-order valence-electron chi connectivity index (χ2n) is 10.2. The molecule has 0 aliphatic carbocycles. The highest BCUT2D eigenvalue weighted by atomic mass is 35.5. The number of aryl methyl sites for hydroxylation is 1. The van der Waals surface area contributed by atoms with Crippen LogP contribution in [0.2, 0.25) is 5.02 Å². The van der Waals surface area contributed by atoms with Crippen LogP contribution in [0.5, 0.6) is 5.75 Å². The summed E-state index contributed by atoms with van der Waals surface area (Å²) in [6, 6.07) is 11.8. The van der Waals surface area contributed by atoms with Crippen LogP contribution in [0.4, 0.5) is 5.69 Å². The van der Waals surface area contributed by atoms with Gasteiger partial charge in [0.05, 0.1) is 24.1 Å². The summed E-state index contributed by atoms with van der Waals surface area (Å²) in [6.45, 7) is 9.68. The maximum atomic E-state index is 13.4. The molecule has 0 heterocycles. The molecule has 204 valence electrons. The van der Waals surface area contributed by atoms with E-state index in [1.807, 2.05) is 52.0 Å². The molecule has 0 saturated carbocycles. The summed E-state index contributed by atoms with van der Waals surface area (Å²) in [5, 5.41) is 3.22. The molecule has 0 aromatic heterocycles. The van der Waals surface area contributed by atoms with E-state index in [0.29, 0.717) is 11.4 Å². The third-order valence-electron chi connectivity index (χ3n) is 5.71. The quantitative estimate of drug-likeness (QED) is 0.442. The summed E-state index contributed by atoms with van der Waals surface area (Å²) < 4.78 is 31.4. The molecule has 0 spiro atoms. The van der Waals surface area contributed by atoms with Crippen LogP contribution in [0.15, 0.2) is 42.5 Å². The van der Waals surface area contributed by atoms with Crippen molar-refractivity contribution in [1.82, 2.24) is 10.2 Å². The maximum Gasteiger partial charge on any atom is 0.242 e. The van der Waals surface area contributed by atoms with Gasteiger partial charge in [0.15, 0.2) is 0 Å². The van der Waals surface area contributed by atoms with Gasteiger partial charge in [0, 0.05) is 25.0 Å². The number of anilines is 1. The van der Waals surface area contributed by atoms with E-state index in [9.17, 15) is 18.0 Å². The Morgan fingerprint density at radius 2 is 1.73 bits per heavy atom. The van der Waals surface area contributed by atoms with Gasteiger partial charge < -0.3 is 15.0 Å². The Hall–Kier alpha value is -2.78. The zero-order valence-corrected chi connectivity index (χ0v) is 24.2. The fourth-order valence-corrected chi connectivity index (χ4v) is 4.97. The van der Waals surface area contributed by atoms with Crippen molar-refractivity contribution in [3.05, 3.63) is 58.6 Å². The molecule has 1 atom stereocenters. The second-order valence-corrected chi connectivity index (χ2v) is 12.5. The van der Waals surface area contributed by atoms with Crippen LogP contribution in [0.1, 0.15) is 51.7 Å². The number of hydrogen-bond donors (Lipinski definition) is 1. The van der Waals surface area contributed by atoms with Crippen molar-refractivity contribution in [2.75, 3.05) is 24.2 Å². The van der Waals surface area contributed by atoms with Crippen molar-refractivity contribution >= 4 is 39.1 Å². The standard InChI is InChI=1S/C27H38ClN3O5S/c1-19-10-12-21(13-11-19)18-30(20(2)26(33)29-27(3,4)5)25(32)9-8-16-31(37(7,34)35)22-14-15-24(36-6)23(28)17-22/h10-15,17,20H,8-9,16,18H2,1-7H3,(H,29,33). The number of benzene rings is 2. The number of rotatable bonds is 11. The van der Waals surface area contributed by atoms with Gasteiger partial charge in [-0.2, -0.15) is 0 Å². The number of sulfonamides is 1. The molecule has 10 heteroatoms. The van der Waals surface area contributed by atoms with E-state index in [0.717, 1.165) is 17.4 Å². The normalized spacial score (nSPS) is 12.5. The summed E-state index contributed by atoms with van der Waals surface area (Å²) in [4.78, 5) is 27.8. The second kappa shape index (κ2) is 12.6. The molecule has 0 saturated heterocycles. The van der Waals surface area contributed by atoms with Crippen molar-refractivity contribution in [3.63, 3.8) is 0 Å². The van der Waals surface area contributed by atoms with E-state index in [4.69, 9.17) is 16.3 Å². The Bertz CT molecular complexity index is 1190. The largest absolute Gasteiger partial charge is 0.495 e. The highest BCUT2D eigenvalue weighted by Gasteiger charge is 2.28. The molecule has 0 aliphatic rings. The van der Waals surface area contributed by atoms with Crippen molar-refractivity contribution in [3.8, 4) is 5.75 Å². The van der Waals surface area contributed by atoms with Crippen molar-refractivity contribution in [2.45, 2.75) is 65.6 Å². The number of nitrogens with one attached hydrogen (secondary N) is 1. The fourth-order valence-electron chi connectivity index (χ4n) is 3.76. The zero-order valence-electron chi connectivity index (χ0n) is 22.7. The molecule has 37 heavy (non-hydrogen) atoms. The first-order valence-corrected chi connectivity index (χ1v) is 14.3.